The molecule has 0 atom stereocenters. The van der Waals surface area contributed by atoms with Crippen LogP contribution in [0.4, 0.5) is 11.4 Å². The summed E-state index contributed by atoms with van der Waals surface area (Å²) >= 11 is 0. The summed E-state index contributed by atoms with van der Waals surface area (Å²) in [5, 5.41) is 13.9. The van der Waals surface area contributed by atoms with E-state index in [9.17, 15) is 19.7 Å². The van der Waals surface area contributed by atoms with Crippen LogP contribution in [0.15, 0.2) is 36.4 Å². The highest BCUT2D eigenvalue weighted by molar-refractivity contribution is 5.97. The zero-order valence-corrected chi connectivity index (χ0v) is 18.5. The molecule has 180 valence electrons. The average Bonchev–Trinajstić information content (AvgIpc) is 2.87. The van der Waals surface area contributed by atoms with Gasteiger partial charge in [-0.05, 0) is 30.2 Å². The van der Waals surface area contributed by atoms with Crippen LogP contribution in [0.5, 0.6) is 11.5 Å². The number of nitrogens with one attached hydrogen (secondary N) is 1. The summed E-state index contributed by atoms with van der Waals surface area (Å²) in [4.78, 5) is 37.4. The Labute approximate surface area is 195 Å². The van der Waals surface area contributed by atoms with Crippen molar-refractivity contribution in [2.24, 2.45) is 0 Å². The van der Waals surface area contributed by atoms with Crippen molar-refractivity contribution in [1.29, 1.82) is 0 Å². The molecule has 4 rings (SSSR count). The molecule has 1 N–H and O–H groups in total. The molecule has 11 nitrogen and oxygen atoms in total. The van der Waals surface area contributed by atoms with Gasteiger partial charge < -0.3 is 29.2 Å². The second-order valence-corrected chi connectivity index (χ2v) is 7.71. The van der Waals surface area contributed by atoms with Gasteiger partial charge in [-0.2, -0.15) is 0 Å². The predicted octanol–water partition coefficient (Wildman–Crippen LogP) is 1.72. The molecule has 2 aliphatic rings. The van der Waals surface area contributed by atoms with Crippen molar-refractivity contribution in [1.82, 2.24) is 5.32 Å². The molecule has 34 heavy (non-hydrogen) atoms. The normalized spacial score (nSPS) is 14.9. The van der Waals surface area contributed by atoms with E-state index in [-0.39, 0.29) is 11.3 Å². The molecule has 0 saturated carbocycles. The SMILES string of the molecule is O=C(COC(=O)c1cc([N+](=O)[O-])ccc1N1CCOCC1)NCCc1ccc2c(c1)OCCO2. The van der Waals surface area contributed by atoms with Crippen LogP contribution in [-0.2, 0) is 20.7 Å². The van der Waals surface area contributed by atoms with Gasteiger partial charge in [0.05, 0.1) is 29.4 Å². The summed E-state index contributed by atoms with van der Waals surface area (Å²) in [6.07, 6.45) is 0.558. The summed E-state index contributed by atoms with van der Waals surface area (Å²) in [6.45, 7) is 2.91. The molecule has 2 aromatic carbocycles. The Morgan fingerprint density at radius 2 is 1.79 bits per heavy atom. The highest BCUT2D eigenvalue weighted by atomic mass is 16.6. The van der Waals surface area contributed by atoms with Gasteiger partial charge in [0.25, 0.3) is 11.6 Å². The topological polar surface area (TPSA) is 129 Å². The lowest BCUT2D eigenvalue weighted by molar-refractivity contribution is -0.384. The van der Waals surface area contributed by atoms with E-state index in [0.29, 0.717) is 69.7 Å². The molecule has 2 heterocycles. The number of amides is 1. The van der Waals surface area contributed by atoms with Crippen molar-refractivity contribution in [3.8, 4) is 11.5 Å². The summed E-state index contributed by atoms with van der Waals surface area (Å²) in [7, 11) is 0. The number of rotatable bonds is 8. The summed E-state index contributed by atoms with van der Waals surface area (Å²) in [6, 6.07) is 9.64. The lowest BCUT2D eigenvalue weighted by Crippen LogP contribution is -2.37. The average molecular weight is 471 g/mol. The molecule has 1 saturated heterocycles. The van der Waals surface area contributed by atoms with E-state index in [0.717, 1.165) is 5.56 Å². The minimum absolute atomic E-state index is 0.0418. The number of benzene rings is 2. The van der Waals surface area contributed by atoms with E-state index in [4.69, 9.17) is 18.9 Å². The smallest absolute Gasteiger partial charge is 0.341 e. The van der Waals surface area contributed by atoms with Gasteiger partial charge in [0.1, 0.15) is 13.2 Å². The quantitative estimate of drug-likeness (QED) is 0.347. The molecule has 2 aromatic rings. The van der Waals surface area contributed by atoms with Gasteiger partial charge in [-0.15, -0.1) is 0 Å². The Balaban J connectivity index is 1.31. The van der Waals surface area contributed by atoms with Gasteiger partial charge >= 0.3 is 5.97 Å². The molecule has 0 radical (unpaired) electrons. The van der Waals surface area contributed by atoms with Gasteiger partial charge in [0.15, 0.2) is 18.1 Å². The number of hydrogen-bond donors (Lipinski definition) is 1. The lowest BCUT2D eigenvalue weighted by Gasteiger charge is -2.30. The first kappa shape index (κ1) is 23.3. The van der Waals surface area contributed by atoms with Gasteiger partial charge in [-0.1, -0.05) is 6.07 Å². The van der Waals surface area contributed by atoms with Gasteiger partial charge in [0.2, 0.25) is 0 Å². The van der Waals surface area contributed by atoms with Gasteiger partial charge in [-0.25, -0.2) is 4.79 Å². The minimum atomic E-state index is -0.799. The van der Waals surface area contributed by atoms with E-state index in [2.05, 4.69) is 5.32 Å². The molecule has 0 aliphatic carbocycles. The lowest BCUT2D eigenvalue weighted by atomic mass is 10.1. The molecular formula is C23H25N3O8. The maximum Gasteiger partial charge on any atom is 0.341 e. The third kappa shape index (κ3) is 5.73. The van der Waals surface area contributed by atoms with Crippen LogP contribution in [-0.4, -0.2) is 69.5 Å². The Morgan fingerprint density at radius 3 is 2.56 bits per heavy atom. The fourth-order valence-corrected chi connectivity index (χ4v) is 3.73. The third-order valence-corrected chi connectivity index (χ3v) is 5.44. The Hall–Kier alpha value is -3.86. The second-order valence-electron chi connectivity index (χ2n) is 7.71. The maximum atomic E-state index is 12.7. The molecule has 0 aromatic heterocycles. The highest BCUT2D eigenvalue weighted by Crippen LogP contribution is 2.31. The first-order chi connectivity index (χ1) is 16.5. The molecule has 2 aliphatic heterocycles. The standard InChI is InChI=1S/C23H25N3O8/c27-22(24-6-5-16-1-4-20-21(13-16)33-12-11-32-20)15-34-23(28)18-14-17(26(29)30)2-3-19(18)25-7-9-31-10-8-25/h1-4,13-14H,5-12,15H2,(H,24,27). The van der Waals surface area contributed by atoms with E-state index in [1.54, 1.807) is 0 Å². The summed E-state index contributed by atoms with van der Waals surface area (Å²) in [5.74, 6) is 0.108. The number of ether oxygens (including phenoxy) is 4. The predicted molar refractivity (Wildman–Crippen MR) is 121 cm³/mol. The van der Waals surface area contributed by atoms with Crippen molar-refractivity contribution in [3.05, 3.63) is 57.6 Å². The molecule has 1 amide bonds. The number of nitrogens with zero attached hydrogens (tertiary/aromatic N) is 2. The molecule has 0 bridgehead atoms. The van der Waals surface area contributed by atoms with Crippen molar-refractivity contribution >= 4 is 23.3 Å². The molecule has 1 fully saturated rings. The van der Waals surface area contributed by atoms with Crippen LogP contribution >= 0.6 is 0 Å². The number of esters is 1. The number of morpholine rings is 1. The number of carbonyl (C=O) groups excluding carboxylic acids is 2. The zero-order valence-electron chi connectivity index (χ0n) is 18.5. The van der Waals surface area contributed by atoms with Crippen LogP contribution in [0.1, 0.15) is 15.9 Å². The number of non-ortho nitro benzene ring substituents is 1. The van der Waals surface area contributed by atoms with Crippen LogP contribution in [0.2, 0.25) is 0 Å². The summed E-state index contributed by atoms with van der Waals surface area (Å²) in [5.41, 5.74) is 1.29. The first-order valence-electron chi connectivity index (χ1n) is 10.9. The fraction of sp³-hybridized carbons (Fsp3) is 0.391. The number of nitro groups is 1. The van der Waals surface area contributed by atoms with Crippen LogP contribution < -0.4 is 19.7 Å². The van der Waals surface area contributed by atoms with E-state index < -0.39 is 23.4 Å². The largest absolute Gasteiger partial charge is 0.486 e. The molecular weight excluding hydrogens is 446 g/mol. The maximum absolute atomic E-state index is 12.7. The number of nitro benzene ring substituents is 1. The van der Waals surface area contributed by atoms with Crippen molar-refractivity contribution in [2.45, 2.75) is 6.42 Å². The number of fused-ring (bicyclic) bond motifs is 1. The van der Waals surface area contributed by atoms with Crippen molar-refractivity contribution < 1.29 is 33.5 Å². The first-order valence-corrected chi connectivity index (χ1v) is 10.9. The van der Waals surface area contributed by atoms with E-state index >= 15 is 0 Å². The van der Waals surface area contributed by atoms with Crippen LogP contribution in [0.3, 0.4) is 0 Å². The van der Waals surface area contributed by atoms with Gasteiger partial charge in [0, 0.05) is 31.8 Å². The fourth-order valence-electron chi connectivity index (χ4n) is 3.73. The van der Waals surface area contributed by atoms with E-state index in [1.165, 1.54) is 18.2 Å². The number of hydrogen-bond acceptors (Lipinski definition) is 9. The monoisotopic (exact) mass is 471 g/mol. The van der Waals surface area contributed by atoms with E-state index in [1.807, 2.05) is 23.1 Å². The van der Waals surface area contributed by atoms with Crippen molar-refractivity contribution in [3.63, 3.8) is 0 Å². The molecule has 0 unspecified atom stereocenters. The molecule has 11 heteroatoms. The number of carbonyl (C=O) groups is 2. The Kier molecular flexibility index (Phi) is 7.43. The zero-order chi connectivity index (χ0) is 23.9. The van der Waals surface area contributed by atoms with Crippen LogP contribution in [0.25, 0.3) is 0 Å². The minimum Gasteiger partial charge on any atom is -0.486 e. The highest BCUT2D eigenvalue weighted by Gasteiger charge is 2.23. The van der Waals surface area contributed by atoms with Crippen LogP contribution in [0, 0.1) is 10.1 Å². The molecule has 0 spiro atoms. The Bertz CT molecular complexity index is 1070. The van der Waals surface area contributed by atoms with Gasteiger partial charge in [-0.3, -0.25) is 14.9 Å². The third-order valence-electron chi connectivity index (χ3n) is 5.44. The Morgan fingerprint density at radius 1 is 1.03 bits per heavy atom. The second kappa shape index (κ2) is 10.8. The summed E-state index contributed by atoms with van der Waals surface area (Å²) < 4.78 is 21.5. The van der Waals surface area contributed by atoms with Crippen molar-refractivity contribution in [2.75, 3.05) is 57.6 Å². The number of anilines is 1.